The van der Waals surface area contributed by atoms with Crippen molar-refractivity contribution in [2.45, 2.75) is 59.5 Å². The van der Waals surface area contributed by atoms with Gasteiger partial charge in [0.1, 0.15) is 0 Å². The summed E-state index contributed by atoms with van der Waals surface area (Å²) >= 11 is 0. The molecule has 78 valence electrons. The Hall–Kier alpha value is -0.0400. The van der Waals surface area contributed by atoms with E-state index in [9.17, 15) is 0 Å². The van der Waals surface area contributed by atoms with Gasteiger partial charge in [0, 0.05) is 12.1 Å². The third-order valence-corrected chi connectivity index (χ3v) is 3.66. The van der Waals surface area contributed by atoms with Crippen molar-refractivity contribution in [1.29, 1.82) is 0 Å². The van der Waals surface area contributed by atoms with E-state index in [4.69, 9.17) is 0 Å². The van der Waals surface area contributed by atoms with Crippen LogP contribution in [0.2, 0.25) is 0 Å². The number of rotatable bonds is 3. The lowest BCUT2D eigenvalue weighted by Crippen LogP contribution is -2.40. The number of nitrogens with zero attached hydrogens (tertiary/aromatic N) is 1. The first kappa shape index (κ1) is 11.0. The molecule has 0 radical (unpaired) electrons. The summed E-state index contributed by atoms with van der Waals surface area (Å²) in [4.78, 5) is 2.69. The smallest absolute Gasteiger partial charge is 0.0126 e. The lowest BCUT2D eigenvalue weighted by molar-refractivity contribution is 0.135. The summed E-state index contributed by atoms with van der Waals surface area (Å²) in [5.74, 6) is 1.68. The molecule has 1 fully saturated rings. The fourth-order valence-electron chi connectivity index (χ4n) is 2.47. The van der Waals surface area contributed by atoms with Gasteiger partial charge in [-0.1, -0.05) is 20.8 Å². The molecule has 0 unspecified atom stereocenters. The van der Waals surface area contributed by atoms with E-state index in [0.717, 1.165) is 23.9 Å². The van der Waals surface area contributed by atoms with Gasteiger partial charge in [-0.2, -0.15) is 0 Å². The molecule has 1 aliphatic rings. The van der Waals surface area contributed by atoms with Gasteiger partial charge >= 0.3 is 0 Å². The molecule has 0 saturated carbocycles. The van der Waals surface area contributed by atoms with E-state index in [-0.39, 0.29) is 0 Å². The van der Waals surface area contributed by atoms with Gasteiger partial charge in [0.15, 0.2) is 0 Å². The average Bonchev–Trinajstić information content (AvgIpc) is 2.50. The molecule has 1 heterocycles. The van der Waals surface area contributed by atoms with Crippen LogP contribution in [-0.4, -0.2) is 23.5 Å². The zero-order valence-corrected chi connectivity index (χ0v) is 9.88. The normalized spacial score (nSPS) is 27.5. The van der Waals surface area contributed by atoms with Crippen molar-refractivity contribution in [1.82, 2.24) is 4.90 Å². The minimum Gasteiger partial charge on any atom is -0.298 e. The summed E-state index contributed by atoms with van der Waals surface area (Å²) in [6, 6.07) is 1.58. The molecule has 0 bridgehead atoms. The number of hydrogen-bond donors (Lipinski definition) is 0. The Morgan fingerprint density at radius 2 is 1.69 bits per heavy atom. The minimum absolute atomic E-state index is 0.730. The second kappa shape index (κ2) is 4.45. The Morgan fingerprint density at radius 3 is 2.15 bits per heavy atom. The molecule has 1 aliphatic heterocycles. The van der Waals surface area contributed by atoms with Crippen molar-refractivity contribution < 1.29 is 0 Å². The summed E-state index contributed by atoms with van der Waals surface area (Å²) in [6.45, 7) is 13.1. The summed E-state index contributed by atoms with van der Waals surface area (Å²) in [5, 5.41) is 0. The van der Waals surface area contributed by atoms with Crippen LogP contribution in [0.3, 0.4) is 0 Å². The van der Waals surface area contributed by atoms with Crippen LogP contribution in [0.4, 0.5) is 0 Å². The molecule has 0 aromatic heterocycles. The van der Waals surface area contributed by atoms with Gasteiger partial charge in [-0.15, -0.1) is 0 Å². The standard InChI is InChI=1S/C12H25N/c1-9(2)11(5)12-7-6-8-13(12)10(3)4/h9-12H,6-8H2,1-5H3/t11-,12+/m1/s1. The Balaban J connectivity index is 2.57. The summed E-state index contributed by atoms with van der Waals surface area (Å²) in [7, 11) is 0. The molecular weight excluding hydrogens is 158 g/mol. The maximum absolute atomic E-state index is 2.69. The van der Waals surface area contributed by atoms with Crippen LogP contribution < -0.4 is 0 Å². The number of hydrogen-bond acceptors (Lipinski definition) is 1. The maximum Gasteiger partial charge on any atom is 0.0126 e. The highest BCUT2D eigenvalue weighted by Gasteiger charge is 2.31. The largest absolute Gasteiger partial charge is 0.298 e. The van der Waals surface area contributed by atoms with Crippen molar-refractivity contribution >= 4 is 0 Å². The molecule has 0 aliphatic carbocycles. The van der Waals surface area contributed by atoms with Gasteiger partial charge in [-0.05, 0) is 45.1 Å². The third kappa shape index (κ3) is 2.46. The van der Waals surface area contributed by atoms with Gasteiger partial charge in [-0.3, -0.25) is 4.90 Å². The molecule has 13 heavy (non-hydrogen) atoms. The molecule has 1 saturated heterocycles. The van der Waals surface area contributed by atoms with E-state index in [0.29, 0.717) is 0 Å². The van der Waals surface area contributed by atoms with Crippen molar-refractivity contribution in [3.63, 3.8) is 0 Å². The van der Waals surface area contributed by atoms with Crippen LogP contribution in [-0.2, 0) is 0 Å². The lowest BCUT2D eigenvalue weighted by atomic mass is 9.88. The second-order valence-corrected chi connectivity index (χ2v) is 5.14. The first-order valence-corrected chi connectivity index (χ1v) is 5.79. The van der Waals surface area contributed by atoms with Crippen LogP contribution in [0.1, 0.15) is 47.5 Å². The van der Waals surface area contributed by atoms with Crippen molar-refractivity contribution in [3.05, 3.63) is 0 Å². The Labute approximate surface area is 83.5 Å². The fourth-order valence-corrected chi connectivity index (χ4v) is 2.47. The molecule has 1 nitrogen and oxygen atoms in total. The third-order valence-electron chi connectivity index (χ3n) is 3.66. The van der Waals surface area contributed by atoms with Gasteiger partial charge in [-0.25, -0.2) is 0 Å². The van der Waals surface area contributed by atoms with Crippen molar-refractivity contribution in [3.8, 4) is 0 Å². The van der Waals surface area contributed by atoms with Crippen LogP contribution in [0, 0.1) is 11.8 Å². The summed E-state index contributed by atoms with van der Waals surface area (Å²) in [5.41, 5.74) is 0. The first-order chi connectivity index (χ1) is 6.04. The van der Waals surface area contributed by atoms with E-state index in [1.54, 1.807) is 0 Å². The van der Waals surface area contributed by atoms with E-state index >= 15 is 0 Å². The summed E-state index contributed by atoms with van der Waals surface area (Å²) < 4.78 is 0. The van der Waals surface area contributed by atoms with Crippen molar-refractivity contribution in [2.24, 2.45) is 11.8 Å². The highest BCUT2D eigenvalue weighted by molar-refractivity contribution is 4.86. The monoisotopic (exact) mass is 183 g/mol. The highest BCUT2D eigenvalue weighted by Crippen LogP contribution is 2.29. The molecule has 0 aromatic rings. The Bertz CT molecular complexity index is 151. The van der Waals surface area contributed by atoms with E-state index < -0.39 is 0 Å². The SMILES string of the molecule is CC(C)[C@@H](C)[C@@H]1CCCN1C(C)C. The molecule has 2 atom stereocenters. The highest BCUT2D eigenvalue weighted by atomic mass is 15.2. The van der Waals surface area contributed by atoms with E-state index in [2.05, 4.69) is 39.5 Å². The molecule has 0 aromatic carbocycles. The van der Waals surface area contributed by atoms with E-state index in [1.165, 1.54) is 19.4 Å². The van der Waals surface area contributed by atoms with Gasteiger partial charge < -0.3 is 0 Å². The zero-order chi connectivity index (χ0) is 10.0. The molecule has 1 heteroatoms. The van der Waals surface area contributed by atoms with Crippen LogP contribution in [0.25, 0.3) is 0 Å². The van der Waals surface area contributed by atoms with Gasteiger partial charge in [0.25, 0.3) is 0 Å². The van der Waals surface area contributed by atoms with Gasteiger partial charge in [0.05, 0.1) is 0 Å². The predicted molar refractivity (Wildman–Crippen MR) is 58.9 cm³/mol. The molecular formula is C12H25N. The first-order valence-electron chi connectivity index (χ1n) is 5.79. The maximum atomic E-state index is 2.69. The van der Waals surface area contributed by atoms with Crippen LogP contribution in [0.15, 0.2) is 0 Å². The second-order valence-electron chi connectivity index (χ2n) is 5.14. The van der Waals surface area contributed by atoms with Gasteiger partial charge in [0.2, 0.25) is 0 Å². The fraction of sp³-hybridized carbons (Fsp3) is 1.00. The topological polar surface area (TPSA) is 3.24 Å². The summed E-state index contributed by atoms with van der Waals surface area (Å²) in [6.07, 6.45) is 2.82. The predicted octanol–water partition coefficient (Wildman–Crippen LogP) is 3.15. The Kier molecular flexibility index (Phi) is 3.78. The number of likely N-dealkylation sites (tertiary alicyclic amines) is 1. The minimum atomic E-state index is 0.730. The zero-order valence-electron chi connectivity index (χ0n) is 9.88. The van der Waals surface area contributed by atoms with Crippen molar-refractivity contribution in [2.75, 3.05) is 6.54 Å². The molecule has 0 spiro atoms. The Morgan fingerprint density at radius 1 is 1.08 bits per heavy atom. The van der Waals surface area contributed by atoms with Crippen LogP contribution in [0.5, 0.6) is 0 Å². The van der Waals surface area contributed by atoms with Crippen LogP contribution >= 0.6 is 0 Å². The lowest BCUT2D eigenvalue weighted by Gasteiger charge is -2.34. The molecule has 1 rings (SSSR count). The molecule has 0 amide bonds. The quantitative estimate of drug-likeness (QED) is 0.649. The average molecular weight is 183 g/mol. The van der Waals surface area contributed by atoms with E-state index in [1.807, 2.05) is 0 Å². The molecule has 0 N–H and O–H groups in total.